The molecule has 3 rings (SSSR count). The highest BCUT2D eigenvalue weighted by Crippen LogP contribution is 2.30. The Balaban J connectivity index is 1.45. The Labute approximate surface area is 162 Å². The Morgan fingerprint density at radius 2 is 1.64 bits per heavy atom. The first kappa shape index (κ1) is 20.4. The van der Waals surface area contributed by atoms with Crippen molar-refractivity contribution in [3.05, 3.63) is 65.2 Å². The number of hydrogen-bond acceptors (Lipinski definition) is 3. The van der Waals surface area contributed by atoms with Gasteiger partial charge in [-0.05, 0) is 30.7 Å². The third-order valence-corrected chi connectivity index (χ3v) is 4.83. The molecule has 1 N–H and O–H groups in total. The third kappa shape index (κ3) is 5.81. The van der Waals surface area contributed by atoms with Crippen LogP contribution in [0.5, 0.6) is 0 Å². The topological polar surface area (TPSA) is 35.6 Å². The molecule has 0 saturated carbocycles. The fourth-order valence-electron chi connectivity index (χ4n) is 3.23. The third-order valence-electron chi connectivity index (χ3n) is 4.83. The SMILES string of the molecule is Cc1ccc(CN2CCN(CC(=O)Nc3cccc(C(F)(F)F)c3)CC2)cc1. The van der Waals surface area contributed by atoms with Gasteiger partial charge in [0.25, 0.3) is 0 Å². The molecule has 7 heteroatoms. The van der Waals surface area contributed by atoms with Gasteiger partial charge in [-0.2, -0.15) is 13.2 Å². The maximum atomic E-state index is 12.8. The number of anilines is 1. The Bertz CT molecular complexity index is 797. The molecule has 28 heavy (non-hydrogen) atoms. The fraction of sp³-hybridized carbons (Fsp3) is 0.381. The van der Waals surface area contributed by atoms with E-state index in [1.54, 1.807) is 0 Å². The summed E-state index contributed by atoms with van der Waals surface area (Å²) in [6, 6.07) is 13.2. The average molecular weight is 391 g/mol. The molecule has 0 atom stereocenters. The molecule has 2 aromatic carbocycles. The van der Waals surface area contributed by atoms with E-state index in [1.165, 1.54) is 23.3 Å². The van der Waals surface area contributed by atoms with E-state index in [2.05, 4.69) is 41.4 Å². The van der Waals surface area contributed by atoms with Crippen LogP contribution in [-0.4, -0.2) is 48.4 Å². The molecule has 0 aliphatic carbocycles. The number of benzene rings is 2. The van der Waals surface area contributed by atoms with Crippen molar-refractivity contribution in [2.75, 3.05) is 38.0 Å². The van der Waals surface area contributed by atoms with Crippen LogP contribution in [0.2, 0.25) is 0 Å². The number of nitrogens with one attached hydrogen (secondary N) is 1. The van der Waals surface area contributed by atoms with Crippen LogP contribution >= 0.6 is 0 Å². The van der Waals surface area contributed by atoms with E-state index in [4.69, 9.17) is 0 Å². The summed E-state index contributed by atoms with van der Waals surface area (Å²) in [4.78, 5) is 16.6. The van der Waals surface area contributed by atoms with E-state index in [0.717, 1.165) is 44.9 Å². The first-order valence-electron chi connectivity index (χ1n) is 9.27. The fourth-order valence-corrected chi connectivity index (χ4v) is 3.23. The Kier molecular flexibility index (Phi) is 6.36. The van der Waals surface area contributed by atoms with Crippen molar-refractivity contribution in [3.8, 4) is 0 Å². The highest BCUT2D eigenvalue weighted by Gasteiger charge is 2.30. The molecule has 1 amide bonds. The second kappa shape index (κ2) is 8.75. The van der Waals surface area contributed by atoms with Gasteiger partial charge in [0.2, 0.25) is 5.91 Å². The highest BCUT2D eigenvalue weighted by atomic mass is 19.4. The van der Waals surface area contributed by atoms with Crippen molar-refractivity contribution in [1.29, 1.82) is 0 Å². The van der Waals surface area contributed by atoms with Crippen molar-refractivity contribution < 1.29 is 18.0 Å². The van der Waals surface area contributed by atoms with Crippen LogP contribution in [0.3, 0.4) is 0 Å². The molecule has 0 radical (unpaired) electrons. The molecule has 150 valence electrons. The number of alkyl halides is 3. The van der Waals surface area contributed by atoms with E-state index in [-0.39, 0.29) is 18.1 Å². The summed E-state index contributed by atoms with van der Waals surface area (Å²) in [5.41, 5.74) is 1.90. The lowest BCUT2D eigenvalue weighted by Gasteiger charge is -2.34. The molecule has 0 spiro atoms. The number of rotatable bonds is 5. The van der Waals surface area contributed by atoms with E-state index in [0.29, 0.717) is 0 Å². The number of carbonyl (C=O) groups excluding carboxylic acids is 1. The van der Waals surface area contributed by atoms with Crippen LogP contribution < -0.4 is 5.32 Å². The number of halogens is 3. The zero-order valence-electron chi connectivity index (χ0n) is 15.8. The molecule has 4 nitrogen and oxygen atoms in total. The summed E-state index contributed by atoms with van der Waals surface area (Å²) in [6.45, 7) is 6.32. The van der Waals surface area contributed by atoms with Gasteiger partial charge >= 0.3 is 6.18 Å². The van der Waals surface area contributed by atoms with Crippen molar-refractivity contribution in [2.24, 2.45) is 0 Å². The average Bonchev–Trinajstić information content (AvgIpc) is 2.65. The van der Waals surface area contributed by atoms with Crippen molar-refractivity contribution in [1.82, 2.24) is 9.80 Å². The highest BCUT2D eigenvalue weighted by molar-refractivity contribution is 5.92. The number of hydrogen-bond donors (Lipinski definition) is 1. The molecule has 2 aromatic rings. The van der Waals surface area contributed by atoms with Crippen LogP contribution in [0.4, 0.5) is 18.9 Å². The van der Waals surface area contributed by atoms with Gasteiger partial charge in [0.05, 0.1) is 12.1 Å². The van der Waals surface area contributed by atoms with Crippen LogP contribution in [-0.2, 0) is 17.5 Å². The van der Waals surface area contributed by atoms with Crippen molar-refractivity contribution >= 4 is 11.6 Å². The summed E-state index contributed by atoms with van der Waals surface area (Å²) in [5.74, 6) is -0.300. The predicted molar refractivity (Wildman–Crippen MR) is 103 cm³/mol. The summed E-state index contributed by atoms with van der Waals surface area (Å²) < 4.78 is 38.3. The second-order valence-corrected chi connectivity index (χ2v) is 7.16. The molecular weight excluding hydrogens is 367 g/mol. The van der Waals surface area contributed by atoms with Gasteiger partial charge in [-0.1, -0.05) is 35.9 Å². The van der Waals surface area contributed by atoms with Crippen molar-refractivity contribution in [3.63, 3.8) is 0 Å². The number of nitrogens with zero attached hydrogens (tertiary/aromatic N) is 2. The largest absolute Gasteiger partial charge is 0.416 e. The summed E-state index contributed by atoms with van der Waals surface area (Å²) in [7, 11) is 0. The summed E-state index contributed by atoms with van der Waals surface area (Å²) in [5, 5.41) is 2.56. The molecule has 0 aromatic heterocycles. The number of aryl methyl sites for hydroxylation is 1. The Hall–Kier alpha value is -2.38. The maximum Gasteiger partial charge on any atom is 0.416 e. The van der Waals surface area contributed by atoms with E-state index >= 15 is 0 Å². The first-order valence-corrected chi connectivity index (χ1v) is 9.27. The second-order valence-electron chi connectivity index (χ2n) is 7.16. The molecule has 1 fully saturated rings. The van der Waals surface area contributed by atoms with Crippen LogP contribution in [0.1, 0.15) is 16.7 Å². The number of amides is 1. The zero-order chi connectivity index (χ0) is 20.1. The normalized spacial score (nSPS) is 16.1. The van der Waals surface area contributed by atoms with Gasteiger partial charge in [-0.25, -0.2) is 0 Å². The quantitative estimate of drug-likeness (QED) is 0.843. The Morgan fingerprint density at radius 1 is 1.00 bits per heavy atom. The zero-order valence-corrected chi connectivity index (χ0v) is 15.8. The molecule has 0 bridgehead atoms. The Morgan fingerprint density at radius 3 is 2.29 bits per heavy atom. The van der Waals surface area contributed by atoms with E-state index in [1.807, 2.05) is 4.90 Å². The lowest BCUT2D eigenvalue weighted by Crippen LogP contribution is -2.48. The predicted octanol–water partition coefficient (Wildman–Crippen LogP) is 3.77. The van der Waals surface area contributed by atoms with Gasteiger partial charge in [-0.3, -0.25) is 14.6 Å². The molecule has 0 unspecified atom stereocenters. The first-order chi connectivity index (χ1) is 13.3. The minimum absolute atomic E-state index is 0.165. The molecule has 1 saturated heterocycles. The minimum atomic E-state index is -4.42. The number of carbonyl (C=O) groups is 1. The smallest absolute Gasteiger partial charge is 0.325 e. The summed E-state index contributed by atoms with van der Waals surface area (Å²) in [6.07, 6.45) is -4.42. The lowest BCUT2D eigenvalue weighted by molar-refractivity contribution is -0.137. The van der Waals surface area contributed by atoms with Gasteiger partial charge in [-0.15, -0.1) is 0 Å². The van der Waals surface area contributed by atoms with Gasteiger partial charge in [0, 0.05) is 38.4 Å². The molecule has 1 aliphatic rings. The minimum Gasteiger partial charge on any atom is -0.325 e. The summed E-state index contributed by atoms with van der Waals surface area (Å²) >= 11 is 0. The van der Waals surface area contributed by atoms with Crippen LogP contribution in [0.15, 0.2) is 48.5 Å². The molecule has 1 heterocycles. The van der Waals surface area contributed by atoms with Gasteiger partial charge in [0.15, 0.2) is 0 Å². The van der Waals surface area contributed by atoms with E-state index in [9.17, 15) is 18.0 Å². The molecule has 1 aliphatic heterocycles. The maximum absolute atomic E-state index is 12.8. The van der Waals surface area contributed by atoms with Crippen LogP contribution in [0, 0.1) is 6.92 Å². The lowest BCUT2D eigenvalue weighted by atomic mass is 10.1. The van der Waals surface area contributed by atoms with Crippen LogP contribution in [0.25, 0.3) is 0 Å². The van der Waals surface area contributed by atoms with Gasteiger partial charge in [0.1, 0.15) is 0 Å². The monoisotopic (exact) mass is 391 g/mol. The van der Waals surface area contributed by atoms with Crippen molar-refractivity contribution in [2.45, 2.75) is 19.6 Å². The van der Waals surface area contributed by atoms with E-state index < -0.39 is 11.7 Å². The molecular formula is C21H24F3N3O. The standard InChI is InChI=1S/C21H24F3N3O/c1-16-5-7-17(8-6-16)14-26-9-11-27(12-10-26)15-20(28)25-19-4-2-3-18(13-19)21(22,23)24/h2-8,13H,9-12,14-15H2,1H3,(H,25,28). The van der Waals surface area contributed by atoms with Gasteiger partial charge < -0.3 is 5.32 Å². The number of piperazine rings is 1.